The second-order valence-electron chi connectivity index (χ2n) is 3.64. The maximum Gasteiger partial charge on any atom is 0.165 e. The molecule has 0 amide bonds. The van der Waals surface area contributed by atoms with Crippen LogP contribution < -0.4 is 0 Å². The molecule has 0 bridgehead atoms. The predicted octanol–water partition coefficient (Wildman–Crippen LogP) is 3.07. The molecule has 0 heterocycles. The van der Waals surface area contributed by atoms with E-state index >= 15 is 0 Å². The minimum absolute atomic E-state index is 0.0581. The second-order valence-corrected chi connectivity index (χ2v) is 3.64. The number of carbonyl (C=O) groups is 1. The zero-order chi connectivity index (χ0) is 11.1. The Labute approximate surface area is 91.3 Å². The molecular formula is C13H18O2. The Balaban J connectivity index is 2.55. The van der Waals surface area contributed by atoms with Gasteiger partial charge in [-0.3, -0.25) is 4.79 Å². The molecular weight excluding hydrogens is 188 g/mol. The first-order valence-electron chi connectivity index (χ1n) is 5.39. The van der Waals surface area contributed by atoms with Crippen LogP contribution in [0, 0.1) is 0 Å². The van der Waals surface area contributed by atoms with E-state index in [2.05, 4.69) is 6.92 Å². The first kappa shape index (κ1) is 11.9. The van der Waals surface area contributed by atoms with Gasteiger partial charge in [-0.05, 0) is 6.42 Å². The van der Waals surface area contributed by atoms with Gasteiger partial charge in [0, 0.05) is 19.1 Å². The molecule has 2 nitrogen and oxygen atoms in total. The summed E-state index contributed by atoms with van der Waals surface area (Å²) >= 11 is 0. The van der Waals surface area contributed by atoms with Crippen LogP contribution >= 0.6 is 0 Å². The van der Waals surface area contributed by atoms with Gasteiger partial charge in [0.25, 0.3) is 0 Å². The highest BCUT2D eigenvalue weighted by Crippen LogP contribution is 2.11. The van der Waals surface area contributed by atoms with E-state index in [0.717, 1.165) is 18.4 Å². The Morgan fingerprint density at radius 2 is 2.00 bits per heavy atom. The smallest absolute Gasteiger partial charge is 0.165 e. The molecule has 0 saturated carbocycles. The standard InChI is InChI=1S/C13H18O2/c1-3-7-12(15-2)10-13(14)11-8-5-4-6-9-11/h4-6,8-9,12H,3,7,10H2,1-2H3. The fourth-order valence-corrected chi connectivity index (χ4v) is 1.57. The van der Waals surface area contributed by atoms with Crippen molar-refractivity contribution in [1.29, 1.82) is 0 Å². The van der Waals surface area contributed by atoms with Gasteiger partial charge < -0.3 is 4.74 Å². The Morgan fingerprint density at radius 3 is 2.53 bits per heavy atom. The Kier molecular flexibility index (Phi) is 5.05. The fourth-order valence-electron chi connectivity index (χ4n) is 1.57. The van der Waals surface area contributed by atoms with Crippen LogP contribution in [0.4, 0.5) is 0 Å². The van der Waals surface area contributed by atoms with Crippen molar-refractivity contribution in [3.8, 4) is 0 Å². The maximum atomic E-state index is 11.8. The summed E-state index contributed by atoms with van der Waals surface area (Å²) in [7, 11) is 1.67. The summed E-state index contributed by atoms with van der Waals surface area (Å²) in [6.45, 7) is 2.10. The van der Waals surface area contributed by atoms with Gasteiger partial charge in [-0.15, -0.1) is 0 Å². The number of ketones is 1. The molecule has 1 atom stereocenters. The van der Waals surface area contributed by atoms with E-state index in [0.29, 0.717) is 6.42 Å². The lowest BCUT2D eigenvalue weighted by Crippen LogP contribution is -2.16. The number of hydrogen-bond acceptors (Lipinski definition) is 2. The minimum Gasteiger partial charge on any atom is -0.381 e. The van der Waals surface area contributed by atoms with E-state index in [1.54, 1.807) is 7.11 Å². The molecule has 15 heavy (non-hydrogen) atoms. The average Bonchev–Trinajstić information content (AvgIpc) is 2.29. The van der Waals surface area contributed by atoms with Crippen LogP contribution in [0.1, 0.15) is 36.5 Å². The third kappa shape index (κ3) is 3.84. The summed E-state index contributed by atoms with van der Waals surface area (Å²) in [5.74, 6) is 0.163. The number of rotatable bonds is 6. The number of benzene rings is 1. The number of ether oxygens (including phenoxy) is 1. The first-order valence-corrected chi connectivity index (χ1v) is 5.39. The Hall–Kier alpha value is -1.15. The van der Waals surface area contributed by atoms with Gasteiger partial charge in [0.1, 0.15) is 0 Å². The molecule has 0 spiro atoms. The van der Waals surface area contributed by atoms with Crippen LogP contribution in [0.2, 0.25) is 0 Å². The van der Waals surface area contributed by atoms with Crippen molar-refractivity contribution in [3.63, 3.8) is 0 Å². The van der Waals surface area contributed by atoms with Crippen molar-refractivity contribution >= 4 is 5.78 Å². The molecule has 0 aliphatic rings. The second kappa shape index (κ2) is 6.36. The van der Waals surface area contributed by atoms with Crippen molar-refractivity contribution in [3.05, 3.63) is 35.9 Å². The summed E-state index contributed by atoms with van der Waals surface area (Å²) in [4.78, 5) is 11.8. The molecule has 0 fully saturated rings. The average molecular weight is 206 g/mol. The van der Waals surface area contributed by atoms with Crippen molar-refractivity contribution in [2.24, 2.45) is 0 Å². The van der Waals surface area contributed by atoms with E-state index < -0.39 is 0 Å². The molecule has 0 N–H and O–H groups in total. The third-order valence-electron chi connectivity index (χ3n) is 2.45. The zero-order valence-corrected chi connectivity index (χ0v) is 9.40. The fraction of sp³-hybridized carbons (Fsp3) is 0.462. The number of carbonyl (C=O) groups excluding carboxylic acids is 1. The molecule has 0 radical (unpaired) electrons. The highest BCUT2D eigenvalue weighted by atomic mass is 16.5. The lowest BCUT2D eigenvalue weighted by atomic mass is 10.0. The molecule has 1 unspecified atom stereocenters. The lowest BCUT2D eigenvalue weighted by molar-refractivity contribution is 0.0696. The van der Waals surface area contributed by atoms with Gasteiger partial charge in [0.05, 0.1) is 6.10 Å². The Bertz CT molecular complexity index is 293. The quantitative estimate of drug-likeness (QED) is 0.669. The van der Waals surface area contributed by atoms with Gasteiger partial charge in [-0.25, -0.2) is 0 Å². The van der Waals surface area contributed by atoms with Crippen LogP contribution in [-0.4, -0.2) is 19.0 Å². The molecule has 0 aliphatic heterocycles. The Morgan fingerprint density at radius 1 is 1.33 bits per heavy atom. The SMILES string of the molecule is CCCC(CC(=O)c1ccccc1)OC. The highest BCUT2D eigenvalue weighted by Gasteiger charge is 2.13. The first-order chi connectivity index (χ1) is 7.27. The van der Waals surface area contributed by atoms with Crippen LogP contribution in [0.5, 0.6) is 0 Å². The summed E-state index contributed by atoms with van der Waals surface area (Å²) in [5, 5.41) is 0. The summed E-state index contributed by atoms with van der Waals surface area (Å²) in [6.07, 6.45) is 2.52. The van der Waals surface area contributed by atoms with E-state index in [9.17, 15) is 4.79 Å². The largest absolute Gasteiger partial charge is 0.381 e. The molecule has 2 heteroatoms. The van der Waals surface area contributed by atoms with E-state index in [4.69, 9.17) is 4.74 Å². The van der Waals surface area contributed by atoms with Crippen LogP contribution in [0.3, 0.4) is 0 Å². The number of hydrogen-bond donors (Lipinski definition) is 0. The number of methoxy groups -OCH3 is 1. The van der Waals surface area contributed by atoms with Gasteiger partial charge in [0.2, 0.25) is 0 Å². The number of Topliss-reactive ketones (excluding diaryl/α,β-unsaturated/α-hetero) is 1. The topological polar surface area (TPSA) is 26.3 Å². The minimum atomic E-state index is 0.0581. The third-order valence-corrected chi connectivity index (χ3v) is 2.45. The summed E-state index contributed by atoms with van der Waals surface area (Å²) < 4.78 is 5.26. The lowest BCUT2D eigenvalue weighted by Gasteiger charge is -2.13. The van der Waals surface area contributed by atoms with Crippen molar-refractivity contribution in [2.45, 2.75) is 32.3 Å². The van der Waals surface area contributed by atoms with Gasteiger partial charge in [-0.1, -0.05) is 43.7 Å². The normalized spacial score (nSPS) is 12.4. The molecule has 1 rings (SSSR count). The summed E-state index contributed by atoms with van der Waals surface area (Å²) in [6, 6.07) is 9.38. The van der Waals surface area contributed by atoms with E-state index in [-0.39, 0.29) is 11.9 Å². The van der Waals surface area contributed by atoms with Crippen LogP contribution in [0.25, 0.3) is 0 Å². The van der Waals surface area contributed by atoms with E-state index in [1.165, 1.54) is 0 Å². The van der Waals surface area contributed by atoms with E-state index in [1.807, 2.05) is 30.3 Å². The highest BCUT2D eigenvalue weighted by molar-refractivity contribution is 5.96. The molecule has 82 valence electrons. The van der Waals surface area contributed by atoms with Crippen LogP contribution in [-0.2, 0) is 4.74 Å². The maximum absolute atomic E-state index is 11.8. The van der Waals surface area contributed by atoms with Gasteiger partial charge in [0.15, 0.2) is 5.78 Å². The van der Waals surface area contributed by atoms with Gasteiger partial charge in [-0.2, -0.15) is 0 Å². The summed E-state index contributed by atoms with van der Waals surface area (Å²) in [5.41, 5.74) is 0.774. The van der Waals surface area contributed by atoms with Crippen molar-refractivity contribution in [2.75, 3.05) is 7.11 Å². The molecule has 0 aliphatic carbocycles. The monoisotopic (exact) mass is 206 g/mol. The zero-order valence-electron chi connectivity index (χ0n) is 9.40. The van der Waals surface area contributed by atoms with Crippen molar-refractivity contribution in [1.82, 2.24) is 0 Å². The van der Waals surface area contributed by atoms with Crippen LogP contribution in [0.15, 0.2) is 30.3 Å². The molecule has 1 aromatic rings. The predicted molar refractivity (Wildman–Crippen MR) is 61.1 cm³/mol. The van der Waals surface area contributed by atoms with Gasteiger partial charge >= 0.3 is 0 Å². The molecule has 0 saturated heterocycles. The molecule has 1 aromatic carbocycles. The molecule has 0 aromatic heterocycles. The van der Waals surface area contributed by atoms with Crippen molar-refractivity contribution < 1.29 is 9.53 Å².